The highest BCUT2D eigenvalue weighted by Gasteiger charge is 2.48. The van der Waals surface area contributed by atoms with Crippen molar-refractivity contribution in [3.8, 4) is 0 Å². The molecule has 5 aliphatic rings. The third-order valence-electron chi connectivity index (χ3n) is 9.74. The van der Waals surface area contributed by atoms with Gasteiger partial charge in [0.05, 0.1) is 17.4 Å². The van der Waals surface area contributed by atoms with E-state index in [0.717, 1.165) is 88.4 Å². The third-order valence-corrected chi connectivity index (χ3v) is 9.74. The summed E-state index contributed by atoms with van der Waals surface area (Å²) in [7, 11) is 0. The lowest BCUT2D eigenvalue weighted by atomic mass is 9.82. The van der Waals surface area contributed by atoms with Crippen LogP contribution in [0.5, 0.6) is 0 Å². The van der Waals surface area contributed by atoms with Gasteiger partial charge in [-0.3, -0.25) is 9.88 Å². The van der Waals surface area contributed by atoms with Crippen molar-refractivity contribution in [3.05, 3.63) is 46.4 Å². The summed E-state index contributed by atoms with van der Waals surface area (Å²) >= 11 is 0. The Labute approximate surface area is 223 Å². The lowest BCUT2D eigenvalue weighted by Crippen LogP contribution is -2.69. The van der Waals surface area contributed by atoms with Crippen LogP contribution in [0.1, 0.15) is 73.2 Å². The van der Waals surface area contributed by atoms with Crippen LogP contribution in [0.15, 0.2) is 18.3 Å². The summed E-state index contributed by atoms with van der Waals surface area (Å²) in [6.07, 6.45) is 3.54. The van der Waals surface area contributed by atoms with Crippen LogP contribution in [0, 0.1) is 6.92 Å². The predicted octanol–water partition coefficient (Wildman–Crippen LogP) is 4.11. The highest BCUT2D eigenvalue weighted by Crippen LogP contribution is 2.50. The molecule has 2 aromatic heterocycles. The van der Waals surface area contributed by atoms with Gasteiger partial charge < -0.3 is 19.9 Å². The van der Waals surface area contributed by atoms with Gasteiger partial charge in [-0.2, -0.15) is 0 Å². The van der Waals surface area contributed by atoms with Crippen LogP contribution in [0.3, 0.4) is 0 Å². The molecule has 204 valence electrons. The number of nitrogens with one attached hydrogen (secondary N) is 1. The summed E-state index contributed by atoms with van der Waals surface area (Å²) in [4.78, 5) is 16.4. The van der Waals surface area contributed by atoms with E-state index < -0.39 is 6.43 Å². The SMILES string of the molecule is Cc1ccnc2c1C1(CCN(c3cc4c(c(C(F)F)n3)CCC[C@H]3[C@H](N5CCNCC5)CN43)CC1)O[C@@H]2C. The van der Waals surface area contributed by atoms with Gasteiger partial charge in [0, 0.05) is 87.0 Å². The molecule has 0 aromatic carbocycles. The van der Waals surface area contributed by atoms with Crippen molar-refractivity contribution in [3.63, 3.8) is 0 Å². The van der Waals surface area contributed by atoms with E-state index in [2.05, 4.69) is 56.0 Å². The number of aromatic nitrogens is 2. The fourth-order valence-corrected chi connectivity index (χ4v) is 7.83. The molecule has 3 atom stereocenters. The number of halogens is 2. The summed E-state index contributed by atoms with van der Waals surface area (Å²) in [6.45, 7) is 10.8. The highest BCUT2D eigenvalue weighted by molar-refractivity contribution is 5.66. The van der Waals surface area contributed by atoms with Crippen LogP contribution < -0.4 is 15.1 Å². The molecule has 7 rings (SSSR count). The summed E-state index contributed by atoms with van der Waals surface area (Å²) < 4.78 is 35.3. The average molecular weight is 525 g/mol. The van der Waals surface area contributed by atoms with Crippen LogP contribution >= 0.6 is 0 Å². The van der Waals surface area contributed by atoms with Gasteiger partial charge in [0.15, 0.2) is 0 Å². The first-order valence-electron chi connectivity index (χ1n) is 14.4. The van der Waals surface area contributed by atoms with E-state index in [1.807, 2.05) is 6.20 Å². The fraction of sp³-hybridized carbons (Fsp3) is 0.655. The molecule has 0 saturated carbocycles. The van der Waals surface area contributed by atoms with Gasteiger partial charge in [-0.1, -0.05) is 0 Å². The first kappa shape index (κ1) is 24.7. The minimum absolute atomic E-state index is 0.0137. The molecule has 0 amide bonds. The smallest absolute Gasteiger partial charge is 0.280 e. The minimum atomic E-state index is -2.57. The predicted molar refractivity (Wildman–Crippen MR) is 143 cm³/mol. The second kappa shape index (κ2) is 9.38. The second-order valence-electron chi connectivity index (χ2n) is 11.8. The molecule has 1 spiro atoms. The zero-order chi connectivity index (χ0) is 26.0. The zero-order valence-electron chi connectivity index (χ0n) is 22.4. The summed E-state index contributed by atoms with van der Waals surface area (Å²) in [5, 5.41) is 3.45. The van der Waals surface area contributed by atoms with E-state index in [9.17, 15) is 8.78 Å². The number of nitrogens with zero attached hydrogens (tertiary/aromatic N) is 5. The van der Waals surface area contributed by atoms with E-state index in [-0.39, 0.29) is 17.4 Å². The number of alkyl halides is 2. The number of pyridine rings is 2. The molecule has 7 nitrogen and oxygen atoms in total. The fourth-order valence-electron chi connectivity index (χ4n) is 7.83. The van der Waals surface area contributed by atoms with Crippen LogP contribution in [0.25, 0.3) is 0 Å². The summed E-state index contributed by atoms with van der Waals surface area (Å²) in [6, 6.07) is 5.10. The molecule has 9 heteroatoms. The van der Waals surface area contributed by atoms with Crippen molar-refractivity contribution < 1.29 is 13.5 Å². The van der Waals surface area contributed by atoms with Gasteiger partial charge >= 0.3 is 0 Å². The number of rotatable bonds is 3. The number of aryl methyl sites for hydroxylation is 1. The maximum atomic E-state index is 14.4. The van der Waals surface area contributed by atoms with Crippen LogP contribution in [-0.2, 0) is 16.8 Å². The first-order chi connectivity index (χ1) is 18.4. The Hall–Kier alpha value is -2.36. The van der Waals surface area contributed by atoms with E-state index in [0.29, 0.717) is 24.3 Å². The maximum absolute atomic E-state index is 14.4. The van der Waals surface area contributed by atoms with Gasteiger partial charge in [-0.15, -0.1) is 0 Å². The highest BCUT2D eigenvalue weighted by atomic mass is 19.3. The van der Waals surface area contributed by atoms with Crippen LogP contribution in [-0.4, -0.2) is 72.8 Å². The Bertz CT molecular complexity index is 1210. The van der Waals surface area contributed by atoms with E-state index in [4.69, 9.17) is 4.74 Å². The molecule has 0 bridgehead atoms. The number of piperidine rings is 1. The molecule has 38 heavy (non-hydrogen) atoms. The molecule has 3 saturated heterocycles. The molecular weight excluding hydrogens is 486 g/mol. The first-order valence-corrected chi connectivity index (χ1v) is 14.4. The largest absolute Gasteiger partial charge is 0.365 e. The lowest BCUT2D eigenvalue weighted by Gasteiger charge is -2.54. The number of ether oxygens (including phenoxy) is 1. The molecule has 0 aliphatic carbocycles. The molecule has 0 unspecified atom stereocenters. The topological polar surface area (TPSA) is 56.8 Å². The molecule has 2 aromatic rings. The number of piperazine rings is 1. The Balaban J connectivity index is 1.16. The monoisotopic (exact) mass is 524 g/mol. The quantitative estimate of drug-likeness (QED) is 0.649. The number of anilines is 2. The Morgan fingerprint density at radius 3 is 2.68 bits per heavy atom. The zero-order valence-corrected chi connectivity index (χ0v) is 22.4. The van der Waals surface area contributed by atoms with Crippen molar-refractivity contribution in [2.24, 2.45) is 0 Å². The molecule has 7 heterocycles. The third kappa shape index (κ3) is 3.84. The Morgan fingerprint density at radius 2 is 1.92 bits per heavy atom. The van der Waals surface area contributed by atoms with Gasteiger partial charge in [-0.05, 0) is 57.6 Å². The Morgan fingerprint density at radius 1 is 1.13 bits per heavy atom. The van der Waals surface area contributed by atoms with Crippen LogP contribution in [0.2, 0.25) is 0 Å². The maximum Gasteiger partial charge on any atom is 0.280 e. The van der Waals surface area contributed by atoms with Crippen molar-refractivity contribution in [2.45, 2.75) is 76.2 Å². The number of hydrogen-bond acceptors (Lipinski definition) is 7. The normalized spacial score (nSPS) is 28.6. The van der Waals surface area contributed by atoms with Crippen molar-refractivity contribution >= 4 is 11.5 Å². The number of fused-ring (bicyclic) bond motifs is 5. The summed E-state index contributed by atoms with van der Waals surface area (Å²) in [5.41, 5.74) is 4.90. The van der Waals surface area contributed by atoms with E-state index >= 15 is 0 Å². The van der Waals surface area contributed by atoms with Gasteiger partial charge in [0.25, 0.3) is 6.43 Å². The van der Waals surface area contributed by atoms with Crippen LogP contribution in [0.4, 0.5) is 20.3 Å². The molecular formula is C29H38F2N6O. The number of hydrogen-bond donors (Lipinski definition) is 1. The molecule has 5 aliphatic heterocycles. The van der Waals surface area contributed by atoms with E-state index in [1.54, 1.807) is 0 Å². The van der Waals surface area contributed by atoms with Gasteiger partial charge in [-0.25, -0.2) is 13.8 Å². The lowest BCUT2D eigenvalue weighted by molar-refractivity contribution is -0.0851. The standard InChI is InChI=1S/C29H38F2N6O/c1-18-6-9-33-26-19(2)38-29(25(18)26)7-12-36(13-8-29)24-16-22-20(27(34-24)28(30)31)4-3-5-21-23(17-37(21)22)35-14-10-32-11-15-35/h6,9,16,19,21,23,28,32H,3-5,7-8,10-15,17H2,1-2H3/t19-,21+,23-/m1/s1. The summed E-state index contributed by atoms with van der Waals surface area (Å²) in [5.74, 6) is 0.689. The van der Waals surface area contributed by atoms with Crippen molar-refractivity contribution in [1.29, 1.82) is 0 Å². The van der Waals surface area contributed by atoms with E-state index in [1.165, 1.54) is 11.1 Å². The van der Waals surface area contributed by atoms with Crippen molar-refractivity contribution in [1.82, 2.24) is 20.2 Å². The molecule has 0 radical (unpaired) electrons. The second-order valence-corrected chi connectivity index (χ2v) is 11.8. The Kier molecular flexibility index (Phi) is 6.09. The molecule has 3 fully saturated rings. The molecule has 1 N–H and O–H groups in total. The average Bonchev–Trinajstić information content (AvgIpc) is 3.10. The van der Waals surface area contributed by atoms with Gasteiger partial charge in [0.1, 0.15) is 11.5 Å². The minimum Gasteiger partial charge on any atom is -0.365 e. The van der Waals surface area contributed by atoms with Crippen molar-refractivity contribution in [2.75, 3.05) is 55.6 Å². The van der Waals surface area contributed by atoms with Gasteiger partial charge in [0.2, 0.25) is 0 Å².